The van der Waals surface area contributed by atoms with E-state index in [2.05, 4.69) is 12.3 Å². The molecule has 0 bridgehead atoms. The van der Waals surface area contributed by atoms with Crippen molar-refractivity contribution >= 4 is 5.78 Å². The molecule has 0 N–H and O–H groups in total. The Hall–Kier alpha value is -1.07. The second-order valence-electron chi connectivity index (χ2n) is 3.43. The Morgan fingerprint density at radius 2 is 2.25 bits per heavy atom. The lowest BCUT2D eigenvalue weighted by Crippen LogP contribution is -2.22. The third-order valence-electron chi connectivity index (χ3n) is 2.72. The van der Waals surface area contributed by atoms with E-state index in [-0.39, 0.29) is 11.2 Å². The van der Waals surface area contributed by atoms with Crippen LogP contribution in [0, 0.1) is 5.41 Å². The molecule has 0 amide bonds. The molecule has 12 heavy (non-hydrogen) atoms. The fraction of sp³-hybridized carbons (Fsp3) is 0.455. The monoisotopic (exact) mass is 162 g/mol. The van der Waals surface area contributed by atoms with Gasteiger partial charge in [-0.2, -0.15) is 0 Å². The van der Waals surface area contributed by atoms with Gasteiger partial charge in [-0.3, -0.25) is 4.79 Å². The number of rotatable bonds is 1. The average Bonchev–Trinajstić information content (AvgIpc) is 2.24. The molecule has 64 valence electrons. The van der Waals surface area contributed by atoms with E-state index in [1.807, 2.05) is 20.8 Å². The summed E-state index contributed by atoms with van der Waals surface area (Å²) in [4.78, 5) is 11.5. The van der Waals surface area contributed by atoms with Crippen LogP contribution in [0.1, 0.15) is 27.2 Å². The summed E-state index contributed by atoms with van der Waals surface area (Å²) in [5, 5.41) is 0. The lowest BCUT2D eigenvalue weighted by Gasteiger charge is -2.21. The fourth-order valence-electron chi connectivity index (χ4n) is 1.67. The Morgan fingerprint density at radius 3 is 2.58 bits per heavy atom. The van der Waals surface area contributed by atoms with Crippen molar-refractivity contribution in [2.24, 2.45) is 5.41 Å². The molecule has 1 nitrogen and oxygen atoms in total. The standard InChI is InChI=1S/C11H14O/c1-5-9-8(3)7-10(12)11(9,4)6-2/h7H,1,6H2,2-4H3. The summed E-state index contributed by atoms with van der Waals surface area (Å²) in [6.07, 6.45) is 2.51. The molecule has 1 rings (SSSR count). The highest BCUT2D eigenvalue weighted by atomic mass is 16.1. The number of hydrogen-bond acceptors (Lipinski definition) is 1. The van der Waals surface area contributed by atoms with Crippen LogP contribution in [0.2, 0.25) is 0 Å². The van der Waals surface area contributed by atoms with Crippen LogP contribution in [0.25, 0.3) is 0 Å². The first-order valence-electron chi connectivity index (χ1n) is 4.20. The van der Waals surface area contributed by atoms with Gasteiger partial charge < -0.3 is 0 Å². The van der Waals surface area contributed by atoms with Gasteiger partial charge in [-0.25, -0.2) is 0 Å². The first-order chi connectivity index (χ1) is 5.56. The first-order valence-corrected chi connectivity index (χ1v) is 4.20. The van der Waals surface area contributed by atoms with Crippen molar-refractivity contribution in [2.75, 3.05) is 0 Å². The number of hydrogen-bond donors (Lipinski definition) is 0. The lowest BCUT2D eigenvalue weighted by molar-refractivity contribution is -0.120. The topological polar surface area (TPSA) is 17.1 Å². The Balaban J connectivity index is 3.25. The van der Waals surface area contributed by atoms with Crippen molar-refractivity contribution in [3.8, 4) is 0 Å². The van der Waals surface area contributed by atoms with Gasteiger partial charge in [0.05, 0.1) is 5.41 Å². The Morgan fingerprint density at radius 1 is 1.67 bits per heavy atom. The molecule has 0 saturated carbocycles. The van der Waals surface area contributed by atoms with Crippen LogP contribution < -0.4 is 0 Å². The summed E-state index contributed by atoms with van der Waals surface area (Å²) in [6, 6.07) is 0. The fourth-order valence-corrected chi connectivity index (χ4v) is 1.67. The van der Waals surface area contributed by atoms with Crippen molar-refractivity contribution in [3.63, 3.8) is 0 Å². The second-order valence-corrected chi connectivity index (χ2v) is 3.43. The highest BCUT2D eigenvalue weighted by Crippen LogP contribution is 2.41. The van der Waals surface area contributed by atoms with Gasteiger partial charge in [-0.05, 0) is 31.9 Å². The average molecular weight is 162 g/mol. The minimum Gasteiger partial charge on any atom is -0.294 e. The molecule has 1 atom stereocenters. The Kier molecular flexibility index (Phi) is 2.08. The van der Waals surface area contributed by atoms with Crippen LogP contribution in [-0.4, -0.2) is 5.78 Å². The molecule has 0 aliphatic heterocycles. The number of ketones is 1. The Labute approximate surface area is 73.5 Å². The van der Waals surface area contributed by atoms with Crippen molar-refractivity contribution in [1.82, 2.24) is 0 Å². The highest BCUT2D eigenvalue weighted by Gasteiger charge is 2.39. The summed E-state index contributed by atoms with van der Waals surface area (Å²) in [7, 11) is 0. The smallest absolute Gasteiger partial charge is 0.166 e. The molecule has 0 aromatic carbocycles. The van der Waals surface area contributed by atoms with Gasteiger partial charge in [-0.1, -0.05) is 13.5 Å². The zero-order chi connectivity index (χ0) is 9.35. The van der Waals surface area contributed by atoms with Crippen molar-refractivity contribution in [3.05, 3.63) is 29.5 Å². The predicted octanol–water partition coefficient (Wildman–Crippen LogP) is 2.64. The maximum atomic E-state index is 11.5. The van der Waals surface area contributed by atoms with Gasteiger partial charge in [-0.15, -0.1) is 5.73 Å². The van der Waals surface area contributed by atoms with Gasteiger partial charge in [0, 0.05) is 5.57 Å². The van der Waals surface area contributed by atoms with Gasteiger partial charge in [0.1, 0.15) is 0 Å². The van der Waals surface area contributed by atoms with Crippen molar-refractivity contribution < 1.29 is 4.79 Å². The van der Waals surface area contributed by atoms with E-state index < -0.39 is 0 Å². The zero-order valence-corrected chi connectivity index (χ0v) is 7.90. The molecule has 0 aromatic rings. The molecule has 0 fully saturated rings. The molecule has 1 unspecified atom stereocenters. The van der Waals surface area contributed by atoms with Crippen molar-refractivity contribution in [2.45, 2.75) is 27.2 Å². The lowest BCUT2D eigenvalue weighted by atomic mass is 9.79. The minimum atomic E-state index is -0.355. The number of allylic oxidation sites excluding steroid dienone is 3. The van der Waals surface area contributed by atoms with Gasteiger partial charge >= 0.3 is 0 Å². The van der Waals surface area contributed by atoms with E-state index >= 15 is 0 Å². The summed E-state index contributed by atoms with van der Waals surface area (Å²) in [5.41, 5.74) is 4.49. The van der Waals surface area contributed by atoms with Crippen LogP contribution >= 0.6 is 0 Å². The maximum Gasteiger partial charge on any atom is 0.166 e. The summed E-state index contributed by atoms with van der Waals surface area (Å²) < 4.78 is 0. The van der Waals surface area contributed by atoms with E-state index in [9.17, 15) is 4.79 Å². The van der Waals surface area contributed by atoms with Gasteiger partial charge in [0.25, 0.3) is 0 Å². The molecular weight excluding hydrogens is 148 g/mol. The number of carbonyl (C=O) groups excluding carboxylic acids is 1. The van der Waals surface area contributed by atoms with Crippen LogP contribution in [-0.2, 0) is 4.79 Å². The number of carbonyl (C=O) groups is 1. The molecule has 0 aromatic heterocycles. The van der Waals surface area contributed by atoms with E-state index in [1.54, 1.807) is 6.08 Å². The summed E-state index contributed by atoms with van der Waals surface area (Å²) in [6.45, 7) is 9.52. The molecular formula is C11H14O. The van der Waals surface area contributed by atoms with Crippen molar-refractivity contribution in [1.29, 1.82) is 0 Å². The first kappa shape index (κ1) is 9.02. The summed E-state index contributed by atoms with van der Waals surface area (Å²) >= 11 is 0. The molecule has 0 spiro atoms. The minimum absolute atomic E-state index is 0.189. The Bertz CT molecular complexity index is 303. The quantitative estimate of drug-likeness (QED) is 0.542. The predicted molar refractivity (Wildman–Crippen MR) is 49.8 cm³/mol. The van der Waals surface area contributed by atoms with Crippen LogP contribution in [0.15, 0.2) is 29.5 Å². The van der Waals surface area contributed by atoms with E-state index in [0.29, 0.717) is 0 Å². The molecule has 1 aliphatic rings. The van der Waals surface area contributed by atoms with E-state index in [0.717, 1.165) is 17.6 Å². The molecule has 0 saturated heterocycles. The third kappa shape index (κ3) is 0.981. The van der Waals surface area contributed by atoms with Crippen LogP contribution in [0.3, 0.4) is 0 Å². The second kappa shape index (κ2) is 2.76. The van der Waals surface area contributed by atoms with Crippen LogP contribution in [0.5, 0.6) is 0 Å². The molecule has 1 heteroatoms. The molecule has 0 heterocycles. The normalized spacial score (nSPS) is 28.8. The molecule has 0 radical (unpaired) electrons. The van der Waals surface area contributed by atoms with Crippen LogP contribution in [0.4, 0.5) is 0 Å². The molecule has 1 aliphatic carbocycles. The SMILES string of the molecule is C=C=C1C(C)=CC(=O)C1(C)CC. The van der Waals surface area contributed by atoms with E-state index in [1.165, 1.54) is 0 Å². The van der Waals surface area contributed by atoms with Gasteiger partial charge in [0.2, 0.25) is 0 Å². The van der Waals surface area contributed by atoms with Gasteiger partial charge in [0.15, 0.2) is 5.78 Å². The zero-order valence-electron chi connectivity index (χ0n) is 7.90. The third-order valence-corrected chi connectivity index (χ3v) is 2.72. The highest BCUT2D eigenvalue weighted by molar-refractivity contribution is 6.02. The maximum absolute atomic E-state index is 11.5. The van der Waals surface area contributed by atoms with E-state index in [4.69, 9.17) is 0 Å². The summed E-state index contributed by atoms with van der Waals surface area (Å²) in [5.74, 6) is 0.189. The largest absolute Gasteiger partial charge is 0.294 e.